The molecule has 19 heavy (non-hydrogen) atoms. The normalized spacial score (nSPS) is 11.8. The Morgan fingerprint density at radius 1 is 1.16 bits per heavy atom. The van der Waals surface area contributed by atoms with Crippen LogP contribution in [0.1, 0.15) is 11.1 Å². The van der Waals surface area contributed by atoms with Gasteiger partial charge in [0.1, 0.15) is 0 Å². The van der Waals surface area contributed by atoms with Gasteiger partial charge >= 0.3 is 0 Å². The second-order valence-corrected chi connectivity index (χ2v) is 6.14. The van der Waals surface area contributed by atoms with Gasteiger partial charge in [-0.15, -0.1) is 0 Å². The molecule has 0 saturated carbocycles. The third kappa shape index (κ3) is 3.57. The third-order valence-corrected chi connectivity index (χ3v) is 4.59. The van der Waals surface area contributed by atoms with E-state index in [1.54, 1.807) is 36.4 Å². The number of rotatable bonds is 3. The molecule has 0 aliphatic heterocycles. The van der Waals surface area contributed by atoms with Gasteiger partial charge in [0.25, 0.3) is 0 Å². The van der Waals surface area contributed by atoms with E-state index in [2.05, 4.69) is 6.07 Å². The molecule has 0 spiro atoms. The van der Waals surface area contributed by atoms with Crippen molar-refractivity contribution in [2.45, 2.75) is 10.6 Å². The molecular formula is C14H9Cl2NOS. The summed E-state index contributed by atoms with van der Waals surface area (Å²) >= 11 is 11.9. The van der Waals surface area contributed by atoms with Gasteiger partial charge in [0.2, 0.25) is 0 Å². The number of hydrogen-bond donors (Lipinski definition) is 0. The summed E-state index contributed by atoms with van der Waals surface area (Å²) in [6.07, 6.45) is 0. The summed E-state index contributed by atoms with van der Waals surface area (Å²) < 4.78 is 12.3. The molecule has 2 aromatic carbocycles. The Balaban J connectivity index is 2.26. The van der Waals surface area contributed by atoms with E-state index in [1.165, 1.54) is 0 Å². The van der Waals surface area contributed by atoms with Crippen molar-refractivity contribution in [2.24, 2.45) is 0 Å². The monoisotopic (exact) mass is 309 g/mol. The summed E-state index contributed by atoms with van der Waals surface area (Å²) in [5, 5.41) is 9.76. The van der Waals surface area contributed by atoms with Gasteiger partial charge in [-0.05, 0) is 35.9 Å². The van der Waals surface area contributed by atoms with Gasteiger partial charge in [0, 0.05) is 5.02 Å². The van der Waals surface area contributed by atoms with Crippen molar-refractivity contribution in [3.8, 4) is 6.07 Å². The van der Waals surface area contributed by atoms with Crippen molar-refractivity contribution >= 4 is 34.0 Å². The van der Waals surface area contributed by atoms with Gasteiger partial charge in [-0.25, -0.2) is 0 Å². The maximum atomic E-state index is 12.3. The lowest BCUT2D eigenvalue weighted by molar-refractivity contribution is 0.682. The molecule has 0 amide bonds. The maximum Gasteiger partial charge on any atom is 0.0991 e. The molecule has 2 aromatic rings. The number of halogens is 2. The van der Waals surface area contributed by atoms with Crippen LogP contribution in [0, 0.1) is 11.3 Å². The summed E-state index contributed by atoms with van der Waals surface area (Å²) in [6, 6.07) is 14.0. The van der Waals surface area contributed by atoms with Crippen LogP contribution in [-0.4, -0.2) is 4.21 Å². The second kappa shape index (κ2) is 6.21. The standard InChI is InChI=1S/C14H9Cl2NOS/c15-12-4-5-13(16)14(7-12)19(18)9-11-3-1-2-10(6-11)8-17/h1-7H,9H2. The predicted octanol–water partition coefficient (Wildman–Crippen LogP) is 4.17. The molecule has 96 valence electrons. The Morgan fingerprint density at radius 3 is 2.68 bits per heavy atom. The molecule has 0 saturated heterocycles. The molecule has 1 unspecified atom stereocenters. The van der Waals surface area contributed by atoms with E-state index in [1.807, 2.05) is 6.07 Å². The first-order valence-electron chi connectivity index (χ1n) is 5.42. The van der Waals surface area contributed by atoms with E-state index in [0.29, 0.717) is 26.3 Å². The van der Waals surface area contributed by atoms with Gasteiger partial charge in [0.15, 0.2) is 0 Å². The average molecular weight is 310 g/mol. The Kier molecular flexibility index (Phi) is 4.60. The van der Waals surface area contributed by atoms with Gasteiger partial charge in [-0.1, -0.05) is 35.3 Å². The van der Waals surface area contributed by atoms with Crippen molar-refractivity contribution in [1.29, 1.82) is 5.26 Å². The molecule has 0 N–H and O–H groups in total. The van der Waals surface area contributed by atoms with Gasteiger partial charge in [-0.3, -0.25) is 4.21 Å². The van der Waals surface area contributed by atoms with Crippen LogP contribution < -0.4 is 0 Å². The van der Waals surface area contributed by atoms with Crippen LogP contribution in [0.4, 0.5) is 0 Å². The summed E-state index contributed by atoms with van der Waals surface area (Å²) in [6.45, 7) is 0. The molecule has 0 aliphatic carbocycles. The Labute approximate surface area is 124 Å². The fourth-order valence-electron chi connectivity index (χ4n) is 1.61. The first-order chi connectivity index (χ1) is 9.10. The topological polar surface area (TPSA) is 40.9 Å². The van der Waals surface area contributed by atoms with Crippen LogP contribution in [0.15, 0.2) is 47.4 Å². The van der Waals surface area contributed by atoms with E-state index >= 15 is 0 Å². The first-order valence-corrected chi connectivity index (χ1v) is 7.50. The minimum atomic E-state index is -1.29. The number of nitrogens with zero attached hydrogens (tertiary/aromatic N) is 1. The zero-order valence-corrected chi connectivity index (χ0v) is 12.1. The molecule has 2 rings (SSSR count). The number of benzene rings is 2. The molecule has 0 aliphatic rings. The number of hydrogen-bond acceptors (Lipinski definition) is 2. The minimum absolute atomic E-state index is 0.301. The van der Waals surface area contributed by atoms with Crippen molar-refractivity contribution in [3.63, 3.8) is 0 Å². The quantitative estimate of drug-likeness (QED) is 0.853. The van der Waals surface area contributed by atoms with Crippen molar-refractivity contribution in [3.05, 3.63) is 63.6 Å². The molecule has 1 atom stereocenters. The van der Waals surface area contributed by atoms with Crippen LogP contribution in [-0.2, 0) is 16.6 Å². The van der Waals surface area contributed by atoms with E-state index in [9.17, 15) is 4.21 Å². The highest BCUT2D eigenvalue weighted by Gasteiger charge is 2.10. The fraction of sp³-hybridized carbons (Fsp3) is 0.0714. The summed E-state index contributed by atoms with van der Waals surface area (Å²) in [4.78, 5) is 0.511. The van der Waals surface area contributed by atoms with Crippen molar-refractivity contribution < 1.29 is 4.21 Å². The summed E-state index contributed by atoms with van der Waals surface area (Å²) in [5.41, 5.74) is 1.38. The molecule has 2 nitrogen and oxygen atoms in total. The lowest BCUT2D eigenvalue weighted by Crippen LogP contribution is -1.98. The van der Waals surface area contributed by atoms with Crippen LogP contribution in [0.5, 0.6) is 0 Å². The van der Waals surface area contributed by atoms with Gasteiger partial charge in [-0.2, -0.15) is 5.26 Å². The molecule has 0 aromatic heterocycles. The average Bonchev–Trinajstić information content (AvgIpc) is 2.41. The Hall–Kier alpha value is -1.34. The summed E-state index contributed by atoms with van der Waals surface area (Å²) in [5.74, 6) is 0.301. The fourth-order valence-corrected chi connectivity index (χ4v) is 3.41. The maximum absolute atomic E-state index is 12.3. The van der Waals surface area contributed by atoms with Crippen molar-refractivity contribution in [1.82, 2.24) is 0 Å². The lowest BCUT2D eigenvalue weighted by atomic mass is 10.2. The van der Waals surface area contributed by atoms with Gasteiger partial charge < -0.3 is 0 Å². The zero-order valence-electron chi connectivity index (χ0n) is 9.77. The van der Waals surface area contributed by atoms with E-state index in [-0.39, 0.29) is 0 Å². The third-order valence-electron chi connectivity index (χ3n) is 2.49. The van der Waals surface area contributed by atoms with Gasteiger partial charge in [0.05, 0.1) is 38.1 Å². The van der Waals surface area contributed by atoms with E-state index in [0.717, 1.165) is 5.56 Å². The molecule has 0 heterocycles. The molecule has 5 heteroatoms. The van der Waals surface area contributed by atoms with Crippen LogP contribution in [0.25, 0.3) is 0 Å². The van der Waals surface area contributed by atoms with Crippen LogP contribution in [0.3, 0.4) is 0 Å². The Morgan fingerprint density at radius 2 is 1.95 bits per heavy atom. The number of nitriles is 1. The Bertz CT molecular complexity index is 679. The minimum Gasteiger partial charge on any atom is -0.254 e. The smallest absolute Gasteiger partial charge is 0.0991 e. The highest BCUT2D eigenvalue weighted by molar-refractivity contribution is 7.84. The predicted molar refractivity (Wildman–Crippen MR) is 77.7 cm³/mol. The molecular weight excluding hydrogens is 301 g/mol. The van der Waals surface area contributed by atoms with E-state index in [4.69, 9.17) is 28.5 Å². The lowest BCUT2D eigenvalue weighted by Gasteiger charge is -2.05. The first kappa shape index (κ1) is 14.1. The largest absolute Gasteiger partial charge is 0.254 e. The van der Waals surface area contributed by atoms with Crippen LogP contribution in [0.2, 0.25) is 10.0 Å². The second-order valence-electron chi connectivity index (χ2n) is 3.88. The highest BCUT2D eigenvalue weighted by atomic mass is 35.5. The van der Waals surface area contributed by atoms with Crippen molar-refractivity contribution in [2.75, 3.05) is 0 Å². The molecule has 0 fully saturated rings. The SMILES string of the molecule is N#Cc1cccc(CS(=O)c2cc(Cl)ccc2Cl)c1. The zero-order chi connectivity index (χ0) is 13.8. The highest BCUT2D eigenvalue weighted by Crippen LogP contribution is 2.25. The van der Waals surface area contributed by atoms with E-state index < -0.39 is 10.8 Å². The molecule has 0 radical (unpaired) electrons. The summed E-state index contributed by atoms with van der Waals surface area (Å²) in [7, 11) is -1.29. The molecule has 0 bridgehead atoms. The van der Waals surface area contributed by atoms with Crippen LogP contribution >= 0.6 is 23.2 Å².